The van der Waals surface area contributed by atoms with Crippen molar-refractivity contribution >= 4 is 56.1 Å². The van der Waals surface area contributed by atoms with Crippen LogP contribution in [0.1, 0.15) is 10.4 Å². The van der Waals surface area contributed by atoms with Gasteiger partial charge in [-0.15, -0.1) is 0 Å². The van der Waals surface area contributed by atoms with Crippen molar-refractivity contribution in [3.63, 3.8) is 0 Å². The van der Waals surface area contributed by atoms with Crippen molar-refractivity contribution in [3.8, 4) is 11.5 Å². The number of rotatable bonds is 3. The van der Waals surface area contributed by atoms with Crippen LogP contribution in [-0.2, 0) is 0 Å². The average molecular weight is 490 g/mol. The van der Waals surface area contributed by atoms with Crippen molar-refractivity contribution in [1.82, 2.24) is 4.98 Å². The first-order valence-electron chi connectivity index (χ1n) is 9.14. The summed E-state index contributed by atoms with van der Waals surface area (Å²) in [5.41, 5.74) is 3.65. The Morgan fingerprint density at radius 3 is 2.59 bits per heavy atom. The van der Waals surface area contributed by atoms with E-state index < -0.39 is 0 Å². The quantitative estimate of drug-likeness (QED) is 0.294. The Morgan fingerprint density at radius 2 is 1.69 bits per heavy atom. The number of carbonyl (C=O) groups excluding carboxylic acids is 1. The second-order valence-electron chi connectivity index (χ2n) is 6.66. The standard InChI is InChI=1S/C24H15IN2O2/c25-20-11-4-3-9-19(20)23(28)26-16-12-13-22-21(14-16)27-24(29-22)18-10-5-7-15-6-1-2-8-17(15)18/h1-14H,(H,26,28). The molecule has 140 valence electrons. The van der Waals surface area contributed by atoms with Crippen LogP contribution in [0.25, 0.3) is 33.3 Å². The Balaban J connectivity index is 1.51. The number of oxazole rings is 1. The molecule has 4 aromatic carbocycles. The number of benzene rings is 4. The number of nitrogens with one attached hydrogen (secondary N) is 1. The smallest absolute Gasteiger partial charge is 0.256 e. The summed E-state index contributed by atoms with van der Waals surface area (Å²) in [6, 6.07) is 27.2. The minimum absolute atomic E-state index is 0.146. The number of amides is 1. The fraction of sp³-hybridized carbons (Fsp3) is 0. The zero-order valence-electron chi connectivity index (χ0n) is 15.2. The zero-order valence-corrected chi connectivity index (χ0v) is 17.4. The van der Waals surface area contributed by atoms with Crippen molar-refractivity contribution in [1.29, 1.82) is 0 Å². The van der Waals surface area contributed by atoms with Gasteiger partial charge in [0.15, 0.2) is 5.58 Å². The molecule has 0 aliphatic carbocycles. The molecule has 29 heavy (non-hydrogen) atoms. The van der Waals surface area contributed by atoms with E-state index in [0.29, 0.717) is 28.2 Å². The first kappa shape index (κ1) is 17.9. The van der Waals surface area contributed by atoms with Gasteiger partial charge >= 0.3 is 0 Å². The fourth-order valence-corrected chi connectivity index (χ4v) is 4.01. The molecule has 0 radical (unpaired) electrons. The summed E-state index contributed by atoms with van der Waals surface area (Å²) >= 11 is 2.16. The number of hydrogen-bond acceptors (Lipinski definition) is 3. The molecule has 1 amide bonds. The molecule has 0 aliphatic heterocycles. The molecule has 0 bridgehead atoms. The lowest BCUT2D eigenvalue weighted by molar-refractivity contribution is 0.102. The van der Waals surface area contributed by atoms with Crippen LogP contribution in [-0.4, -0.2) is 10.9 Å². The highest BCUT2D eigenvalue weighted by Crippen LogP contribution is 2.31. The third kappa shape index (κ3) is 3.38. The Kier molecular flexibility index (Phi) is 4.52. The van der Waals surface area contributed by atoms with Gasteiger partial charge in [0.1, 0.15) is 5.52 Å². The Hall–Kier alpha value is -3.19. The van der Waals surface area contributed by atoms with Gasteiger partial charge in [0.05, 0.1) is 5.56 Å². The number of hydrogen-bond donors (Lipinski definition) is 1. The second kappa shape index (κ2) is 7.33. The van der Waals surface area contributed by atoms with Crippen molar-refractivity contribution in [3.05, 3.63) is 94.1 Å². The van der Waals surface area contributed by atoms with E-state index in [1.807, 2.05) is 66.7 Å². The van der Waals surface area contributed by atoms with Crippen LogP contribution in [0.3, 0.4) is 0 Å². The van der Waals surface area contributed by atoms with Crippen LogP contribution >= 0.6 is 22.6 Å². The molecule has 5 aromatic rings. The van der Waals surface area contributed by atoms with E-state index in [9.17, 15) is 4.79 Å². The molecule has 0 unspecified atom stereocenters. The molecule has 1 N–H and O–H groups in total. The van der Waals surface area contributed by atoms with Crippen LogP contribution in [0.4, 0.5) is 5.69 Å². The summed E-state index contributed by atoms with van der Waals surface area (Å²) in [6.45, 7) is 0. The van der Waals surface area contributed by atoms with Crippen LogP contribution in [0.5, 0.6) is 0 Å². The van der Waals surface area contributed by atoms with Crippen molar-refractivity contribution in [2.75, 3.05) is 5.32 Å². The Bertz CT molecular complexity index is 1370. The largest absolute Gasteiger partial charge is 0.436 e. The maximum absolute atomic E-state index is 12.6. The van der Waals surface area contributed by atoms with Crippen LogP contribution in [0.2, 0.25) is 0 Å². The van der Waals surface area contributed by atoms with Gasteiger partial charge in [-0.3, -0.25) is 4.79 Å². The van der Waals surface area contributed by atoms with E-state index in [4.69, 9.17) is 4.42 Å². The monoisotopic (exact) mass is 490 g/mol. The number of fused-ring (bicyclic) bond motifs is 2. The maximum atomic E-state index is 12.6. The number of anilines is 1. The third-order valence-electron chi connectivity index (χ3n) is 4.78. The van der Waals surface area contributed by atoms with Gasteiger partial charge < -0.3 is 9.73 Å². The summed E-state index contributed by atoms with van der Waals surface area (Å²) in [5, 5.41) is 5.17. The van der Waals surface area contributed by atoms with Crippen molar-refractivity contribution in [2.45, 2.75) is 0 Å². The number of halogens is 1. The van der Waals surface area contributed by atoms with E-state index in [2.05, 4.69) is 51.1 Å². The van der Waals surface area contributed by atoms with Crippen LogP contribution in [0.15, 0.2) is 89.3 Å². The highest BCUT2D eigenvalue weighted by molar-refractivity contribution is 14.1. The van der Waals surface area contributed by atoms with Crippen LogP contribution in [0, 0.1) is 3.57 Å². The fourth-order valence-electron chi connectivity index (χ4n) is 3.38. The average Bonchev–Trinajstić information content (AvgIpc) is 3.17. The Labute approximate surface area is 180 Å². The topological polar surface area (TPSA) is 55.1 Å². The van der Waals surface area contributed by atoms with Gasteiger partial charge in [0, 0.05) is 14.8 Å². The molecule has 1 heterocycles. The molecule has 5 rings (SSSR count). The molecular weight excluding hydrogens is 475 g/mol. The molecule has 0 fully saturated rings. The van der Waals surface area contributed by atoms with E-state index >= 15 is 0 Å². The molecule has 0 saturated heterocycles. The van der Waals surface area contributed by atoms with Gasteiger partial charge in [-0.05, 0) is 69.8 Å². The minimum Gasteiger partial charge on any atom is -0.436 e. The molecule has 1 aromatic heterocycles. The first-order chi connectivity index (χ1) is 14.2. The molecule has 0 atom stereocenters. The number of nitrogens with zero attached hydrogens (tertiary/aromatic N) is 1. The number of aromatic nitrogens is 1. The lowest BCUT2D eigenvalue weighted by Gasteiger charge is -2.06. The summed E-state index contributed by atoms with van der Waals surface area (Å²) in [5.74, 6) is 0.421. The predicted octanol–water partition coefficient (Wildman–Crippen LogP) is 6.50. The zero-order chi connectivity index (χ0) is 19.8. The van der Waals surface area contributed by atoms with Gasteiger partial charge in [-0.1, -0.05) is 48.5 Å². The van der Waals surface area contributed by atoms with Gasteiger partial charge in [0.2, 0.25) is 5.89 Å². The SMILES string of the molecule is O=C(Nc1ccc2oc(-c3cccc4ccccc34)nc2c1)c1ccccc1I. The van der Waals surface area contributed by atoms with E-state index in [-0.39, 0.29) is 5.91 Å². The second-order valence-corrected chi connectivity index (χ2v) is 7.82. The molecule has 0 spiro atoms. The van der Waals surface area contributed by atoms with Crippen molar-refractivity contribution in [2.24, 2.45) is 0 Å². The summed E-state index contributed by atoms with van der Waals surface area (Å²) in [4.78, 5) is 17.3. The molecule has 4 nitrogen and oxygen atoms in total. The Morgan fingerprint density at radius 1 is 0.897 bits per heavy atom. The lowest BCUT2D eigenvalue weighted by Crippen LogP contribution is -2.13. The highest BCUT2D eigenvalue weighted by Gasteiger charge is 2.13. The van der Waals surface area contributed by atoms with Gasteiger partial charge in [-0.2, -0.15) is 0 Å². The molecular formula is C24H15IN2O2. The van der Waals surface area contributed by atoms with Crippen LogP contribution < -0.4 is 5.32 Å². The van der Waals surface area contributed by atoms with E-state index in [0.717, 1.165) is 19.9 Å². The molecule has 0 saturated carbocycles. The minimum atomic E-state index is -0.146. The van der Waals surface area contributed by atoms with Gasteiger partial charge in [0.25, 0.3) is 5.91 Å². The van der Waals surface area contributed by atoms with Gasteiger partial charge in [-0.25, -0.2) is 4.98 Å². The predicted molar refractivity (Wildman–Crippen MR) is 124 cm³/mol. The summed E-state index contributed by atoms with van der Waals surface area (Å²) < 4.78 is 6.91. The number of carbonyl (C=O) groups is 1. The lowest BCUT2D eigenvalue weighted by atomic mass is 10.0. The maximum Gasteiger partial charge on any atom is 0.256 e. The summed E-state index contributed by atoms with van der Waals surface area (Å²) in [7, 11) is 0. The van der Waals surface area contributed by atoms with E-state index in [1.165, 1.54) is 0 Å². The van der Waals surface area contributed by atoms with Crippen molar-refractivity contribution < 1.29 is 9.21 Å². The normalized spacial score (nSPS) is 11.1. The molecule has 0 aliphatic rings. The summed E-state index contributed by atoms with van der Waals surface area (Å²) in [6.07, 6.45) is 0. The van der Waals surface area contributed by atoms with E-state index in [1.54, 1.807) is 0 Å². The third-order valence-corrected chi connectivity index (χ3v) is 5.72. The molecule has 5 heteroatoms. The highest BCUT2D eigenvalue weighted by atomic mass is 127. The first-order valence-corrected chi connectivity index (χ1v) is 10.2.